The maximum absolute atomic E-state index is 14.1. The van der Waals surface area contributed by atoms with Crippen molar-refractivity contribution in [2.45, 2.75) is 45.2 Å². The molecule has 21 heavy (non-hydrogen) atoms. The van der Waals surface area contributed by atoms with Crippen LogP contribution in [0, 0.1) is 6.92 Å². The van der Waals surface area contributed by atoms with Crippen molar-refractivity contribution in [3.05, 3.63) is 15.6 Å². The highest BCUT2D eigenvalue weighted by molar-refractivity contribution is 7.14. The molecule has 1 fully saturated rings. The number of alkyl halides is 1. The van der Waals surface area contributed by atoms with E-state index < -0.39 is 18.2 Å². The van der Waals surface area contributed by atoms with Crippen LogP contribution in [0.3, 0.4) is 0 Å². The van der Waals surface area contributed by atoms with Crippen molar-refractivity contribution in [3.63, 3.8) is 0 Å². The Bertz CT molecular complexity index is 594. The van der Waals surface area contributed by atoms with Gasteiger partial charge in [0.2, 0.25) is 5.67 Å². The molecule has 1 aromatic heterocycles. The Balaban J connectivity index is 2.23. The van der Waals surface area contributed by atoms with E-state index in [0.717, 1.165) is 5.01 Å². The van der Waals surface area contributed by atoms with Crippen LogP contribution in [-0.4, -0.2) is 45.6 Å². The monoisotopic (exact) mass is 314 g/mol. The number of thiazole rings is 1. The third kappa shape index (κ3) is 2.92. The van der Waals surface area contributed by atoms with Gasteiger partial charge in [0.25, 0.3) is 5.91 Å². The van der Waals surface area contributed by atoms with Crippen molar-refractivity contribution in [3.8, 4) is 0 Å². The molecule has 2 rings (SSSR count). The average molecular weight is 314 g/mol. The number of likely N-dealkylation sites (tertiary alicyclic amines) is 1. The Labute approximate surface area is 126 Å². The van der Waals surface area contributed by atoms with Gasteiger partial charge in [0.1, 0.15) is 4.88 Å². The lowest BCUT2D eigenvalue weighted by atomic mass is 9.98. The normalized spacial score (nSPS) is 22.6. The van der Waals surface area contributed by atoms with E-state index in [2.05, 4.69) is 4.98 Å². The molecule has 1 aromatic rings. The van der Waals surface area contributed by atoms with Crippen LogP contribution < -0.4 is 0 Å². The van der Waals surface area contributed by atoms with E-state index in [9.17, 15) is 14.0 Å². The smallest absolute Gasteiger partial charge is 0.343 e. The first-order valence-electron chi connectivity index (χ1n) is 6.74. The number of rotatable bonds is 2. The minimum absolute atomic E-state index is 0.115. The summed E-state index contributed by atoms with van der Waals surface area (Å²) in [6, 6.07) is 0. The molecular weight excluding hydrogens is 295 g/mol. The predicted molar refractivity (Wildman–Crippen MR) is 77.5 cm³/mol. The molecule has 0 bridgehead atoms. The predicted octanol–water partition coefficient (Wildman–Crippen LogP) is 2.39. The Morgan fingerprint density at radius 3 is 2.48 bits per heavy atom. The van der Waals surface area contributed by atoms with Crippen molar-refractivity contribution >= 4 is 23.2 Å². The Kier molecular flexibility index (Phi) is 3.82. The summed E-state index contributed by atoms with van der Waals surface area (Å²) in [7, 11) is 0. The van der Waals surface area contributed by atoms with Crippen molar-refractivity contribution in [1.29, 1.82) is 0 Å². The van der Waals surface area contributed by atoms with Crippen LogP contribution in [0.15, 0.2) is 0 Å². The molecule has 0 aromatic carbocycles. The quantitative estimate of drug-likeness (QED) is 0.910. The van der Waals surface area contributed by atoms with Crippen LogP contribution in [0.25, 0.3) is 0 Å². The molecule has 116 valence electrons. The average Bonchev–Trinajstić information content (AvgIpc) is 2.92. The second kappa shape index (κ2) is 5.05. The van der Waals surface area contributed by atoms with Crippen LogP contribution in [0.5, 0.6) is 0 Å². The Morgan fingerprint density at radius 1 is 1.43 bits per heavy atom. The second-order valence-electron chi connectivity index (χ2n) is 6.43. The highest BCUT2D eigenvalue weighted by Crippen LogP contribution is 2.32. The fraction of sp³-hybridized carbons (Fsp3) is 0.643. The maximum atomic E-state index is 14.1. The van der Waals surface area contributed by atoms with Crippen LogP contribution in [0.2, 0.25) is 0 Å². The number of aryl methyl sites for hydroxylation is 1. The van der Waals surface area contributed by atoms with E-state index in [4.69, 9.17) is 5.11 Å². The first-order valence-corrected chi connectivity index (χ1v) is 7.56. The van der Waals surface area contributed by atoms with Gasteiger partial charge in [-0.15, -0.1) is 11.3 Å². The van der Waals surface area contributed by atoms with E-state index in [1.807, 2.05) is 20.8 Å². The highest BCUT2D eigenvalue weighted by atomic mass is 32.1. The molecule has 1 unspecified atom stereocenters. The molecule has 1 aliphatic heterocycles. The zero-order valence-electron chi connectivity index (χ0n) is 12.6. The molecule has 0 aliphatic carbocycles. The molecule has 7 heteroatoms. The largest absolute Gasteiger partial charge is 0.479 e. The molecule has 0 spiro atoms. The van der Waals surface area contributed by atoms with Crippen LogP contribution in [-0.2, 0) is 10.2 Å². The van der Waals surface area contributed by atoms with Gasteiger partial charge in [0.15, 0.2) is 0 Å². The summed E-state index contributed by atoms with van der Waals surface area (Å²) < 4.78 is 14.1. The zero-order chi connectivity index (χ0) is 16.0. The third-order valence-electron chi connectivity index (χ3n) is 3.52. The van der Waals surface area contributed by atoms with E-state index in [0.29, 0.717) is 10.6 Å². The Morgan fingerprint density at radius 2 is 2.05 bits per heavy atom. The zero-order valence-corrected chi connectivity index (χ0v) is 13.4. The maximum Gasteiger partial charge on any atom is 0.343 e. The fourth-order valence-corrected chi connectivity index (χ4v) is 3.27. The second-order valence-corrected chi connectivity index (χ2v) is 7.43. The van der Waals surface area contributed by atoms with E-state index in [-0.39, 0.29) is 24.3 Å². The lowest BCUT2D eigenvalue weighted by molar-refractivity contribution is -0.149. The number of carbonyl (C=O) groups excluding carboxylic acids is 1. The van der Waals surface area contributed by atoms with E-state index in [1.165, 1.54) is 16.2 Å². The number of carbonyl (C=O) groups is 2. The summed E-state index contributed by atoms with van der Waals surface area (Å²) in [5, 5.41) is 9.73. The summed E-state index contributed by atoms with van der Waals surface area (Å²) in [4.78, 5) is 29.5. The molecule has 5 nitrogen and oxygen atoms in total. The number of aliphatic carboxylic acids is 1. The van der Waals surface area contributed by atoms with Crippen molar-refractivity contribution in [2.24, 2.45) is 0 Å². The molecule has 2 heterocycles. The SMILES string of the molecule is Cc1nc(C(C)(C)C)sc1C(=O)N1CCC(F)(C(=O)O)C1. The Hall–Kier alpha value is -1.50. The van der Waals surface area contributed by atoms with E-state index >= 15 is 0 Å². The molecule has 1 N–H and O–H groups in total. The molecule has 1 aliphatic rings. The number of hydrogen-bond acceptors (Lipinski definition) is 4. The summed E-state index contributed by atoms with van der Waals surface area (Å²) in [6.45, 7) is 7.48. The summed E-state index contributed by atoms with van der Waals surface area (Å²) in [5.41, 5.74) is -1.88. The molecule has 1 atom stereocenters. The first kappa shape index (κ1) is 15.9. The van der Waals surface area contributed by atoms with Crippen molar-refractivity contribution in [2.75, 3.05) is 13.1 Å². The van der Waals surface area contributed by atoms with Gasteiger partial charge in [-0.25, -0.2) is 14.2 Å². The van der Waals surface area contributed by atoms with Crippen LogP contribution in [0.1, 0.15) is 47.6 Å². The topological polar surface area (TPSA) is 70.5 Å². The fourth-order valence-electron chi connectivity index (χ4n) is 2.18. The van der Waals surface area contributed by atoms with Gasteiger partial charge >= 0.3 is 5.97 Å². The van der Waals surface area contributed by atoms with Crippen molar-refractivity contribution < 1.29 is 19.1 Å². The van der Waals surface area contributed by atoms with Gasteiger partial charge in [-0.2, -0.15) is 0 Å². The molecule has 0 radical (unpaired) electrons. The molecule has 1 amide bonds. The number of hydrogen-bond donors (Lipinski definition) is 1. The van der Waals surface area contributed by atoms with Gasteiger partial charge in [0.05, 0.1) is 17.2 Å². The summed E-state index contributed by atoms with van der Waals surface area (Å²) in [5.74, 6) is -1.84. The van der Waals surface area contributed by atoms with Gasteiger partial charge in [-0.1, -0.05) is 20.8 Å². The summed E-state index contributed by atoms with van der Waals surface area (Å²) >= 11 is 1.30. The minimum atomic E-state index is -2.33. The van der Waals surface area contributed by atoms with Gasteiger partial charge in [-0.3, -0.25) is 4.79 Å². The van der Waals surface area contributed by atoms with Crippen LogP contribution >= 0.6 is 11.3 Å². The number of aromatic nitrogens is 1. The summed E-state index contributed by atoms with van der Waals surface area (Å²) in [6.07, 6.45) is -0.169. The number of nitrogens with zero attached hydrogens (tertiary/aromatic N) is 2. The number of amides is 1. The lowest BCUT2D eigenvalue weighted by Crippen LogP contribution is -2.38. The number of carboxylic acid groups (broad SMARTS) is 1. The van der Waals surface area contributed by atoms with E-state index in [1.54, 1.807) is 6.92 Å². The number of carboxylic acids is 1. The van der Waals surface area contributed by atoms with Gasteiger partial charge in [0, 0.05) is 18.4 Å². The first-order chi connectivity index (χ1) is 9.54. The van der Waals surface area contributed by atoms with Crippen LogP contribution in [0.4, 0.5) is 4.39 Å². The van der Waals surface area contributed by atoms with Gasteiger partial charge in [-0.05, 0) is 6.92 Å². The standard InChI is InChI=1S/C14H19FN2O3S/c1-8-9(21-11(16-8)13(2,3)4)10(18)17-6-5-14(15,7-17)12(19)20/h5-7H2,1-4H3,(H,19,20). The number of halogens is 1. The van der Waals surface area contributed by atoms with Crippen molar-refractivity contribution in [1.82, 2.24) is 9.88 Å². The lowest BCUT2D eigenvalue weighted by Gasteiger charge is -2.17. The molecular formula is C14H19FN2O3S. The highest BCUT2D eigenvalue weighted by Gasteiger charge is 2.47. The third-order valence-corrected chi connectivity index (χ3v) is 5.09. The minimum Gasteiger partial charge on any atom is -0.479 e. The molecule has 0 saturated carbocycles. The molecule has 1 saturated heterocycles. The van der Waals surface area contributed by atoms with Gasteiger partial charge < -0.3 is 10.0 Å².